The van der Waals surface area contributed by atoms with Crippen molar-refractivity contribution in [3.63, 3.8) is 0 Å². The average Bonchev–Trinajstić information content (AvgIpc) is 2.85. The summed E-state index contributed by atoms with van der Waals surface area (Å²) < 4.78 is 3.06. The number of hydrogen-bond acceptors (Lipinski definition) is 4. The monoisotopic (exact) mass is 283 g/mol. The zero-order valence-electron chi connectivity index (χ0n) is 11.4. The smallest absolute Gasteiger partial charge is 0.264 e. The molecule has 2 heterocycles. The van der Waals surface area contributed by atoms with Crippen LogP contribution < -0.4 is 11.3 Å². The zero-order valence-corrected chi connectivity index (χ0v) is 11.4. The molecule has 2 aromatic heterocycles. The van der Waals surface area contributed by atoms with Gasteiger partial charge in [0.25, 0.3) is 5.56 Å². The molecule has 3 aromatic rings. The van der Waals surface area contributed by atoms with Gasteiger partial charge in [-0.15, -0.1) is 0 Å². The molecule has 21 heavy (non-hydrogen) atoms. The third kappa shape index (κ3) is 2.29. The molecular weight excluding hydrogens is 270 g/mol. The van der Waals surface area contributed by atoms with Crippen LogP contribution in [0.5, 0.6) is 0 Å². The highest BCUT2D eigenvalue weighted by atomic mass is 16.1. The van der Waals surface area contributed by atoms with Crippen molar-refractivity contribution in [2.24, 2.45) is 12.8 Å². The first-order valence-electron chi connectivity index (χ1n) is 6.32. The molecule has 7 heteroatoms. The lowest BCUT2D eigenvalue weighted by Gasteiger charge is -2.06. The van der Waals surface area contributed by atoms with Gasteiger partial charge in [0.15, 0.2) is 5.65 Å². The Hall–Kier alpha value is -2.96. The number of amides is 1. The van der Waals surface area contributed by atoms with Crippen LogP contribution in [-0.2, 0) is 13.6 Å². The SMILES string of the molecule is Cn1ncc2c(=O)n(Cc3ccc(C(N)=O)cc3)cnc21. The minimum Gasteiger partial charge on any atom is -0.366 e. The number of rotatable bonds is 3. The molecule has 2 N–H and O–H groups in total. The van der Waals surface area contributed by atoms with Gasteiger partial charge in [-0.2, -0.15) is 5.10 Å². The summed E-state index contributed by atoms with van der Waals surface area (Å²) in [4.78, 5) is 27.6. The second-order valence-electron chi connectivity index (χ2n) is 4.74. The predicted octanol–water partition coefficient (Wildman–Crippen LogP) is 0.277. The van der Waals surface area contributed by atoms with Gasteiger partial charge in [0.2, 0.25) is 5.91 Å². The Morgan fingerprint density at radius 1 is 1.29 bits per heavy atom. The molecular formula is C14H13N5O2. The molecule has 0 spiro atoms. The summed E-state index contributed by atoms with van der Waals surface area (Å²) in [7, 11) is 1.74. The Kier molecular flexibility index (Phi) is 3.02. The minimum atomic E-state index is -0.475. The lowest BCUT2D eigenvalue weighted by molar-refractivity contribution is 0.100. The van der Waals surface area contributed by atoms with Crippen LogP contribution in [0.15, 0.2) is 41.6 Å². The third-order valence-corrected chi connectivity index (χ3v) is 3.31. The number of carbonyl (C=O) groups excluding carboxylic acids is 1. The molecule has 0 aliphatic heterocycles. The number of benzene rings is 1. The highest BCUT2D eigenvalue weighted by molar-refractivity contribution is 5.92. The first-order chi connectivity index (χ1) is 10.1. The molecule has 106 valence electrons. The number of hydrogen-bond donors (Lipinski definition) is 1. The Bertz CT molecular complexity index is 877. The fourth-order valence-corrected chi connectivity index (χ4v) is 2.15. The average molecular weight is 283 g/mol. The van der Waals surface area contributed by atoms with Crippen LogP contribution in [-0.4, -0.2) is 25.2 Å². The van der Waals surface area contributed by atoms with Crippen LogP contribution >= 0.6 is 0 Å². The van der Waals surface area contributed by atoms with E-state index in [1.165, 1.54) is 17.1 Å². The lowest BCUT2D eigenvalue weighted by Crippen LogP contribution is -2.21. The van der Waals surface area contributed by atoms with Gasteiger partial charge in [0.05, 0.1) is 12.7 Å². The van der Waals surface area contributed by atoms with Crippen molar-refractivity contribution in [2.45, 2.75) is 6.54 Å². The highest BCUT2D eigenvalue weighted by Gasteiger charge is 2.08. The van der Waals surface area contributed by atoms with Gasteiger partial charge >= 0.3 is 0 Å². The standard InChI is InChI=1S/C14H13N5O2/c1-18-13-11(6-17-18)14(21)19(8-16-13)7-9-2-4-10(5-3-9)12(15)20/h2-6,8H,7H2,1H3,(H2,15,20). The molecule has 1 amide bonds. The van der Waals surface area contributed by atoms with Gasteiger partial charge < -0.3 is 5.73 Å². The van der Waals surface area contributed by atoms with E-state index in [0.717, 1.165) is 5.56 Å². The molecule has 0 radical (unpaired) electrons. The van der Waals surface area contributed by atoms with E-state index in [4.69, 9.17) is 5.73 Å². The lowest BCUT2D eigenvalue weighted by atomic mass is 10.1. The molecule has 0 saturated heterocycles. The van der Waals surface area contributed by atoms with Crippen molar-refractivity contribution >= 4 is 16.9 Å². The van der Waals surface area contributed by atoms with E-state index in [-0.39, 0.29) is 5.56 Å². The summed E-state index contributed by atoms with van der Waals surface area (Å²) >= 11 is 0. The highest BCUT2D eigenvalue weighted by Crippen LogP contribution is 2.07. The Morgan fingerprint density at radius 2 is 2.00 bits per heavy atom. The van der Waals surface area contributed by atoms with Crippen molar-refractivity contribution in [1.29, 1.82) is 0 Å². The van der Waals surface area contributed by atoms with E-state index < -0.39 is 5.91 Å². The van der Waals surface area contributed by atoms with Crippen molar-refractivity contribution < 1.29 is 4.79 Å². The van der Waals surface area contributed by atoms with Crippen LogP contribution in [0.2, 0.25) is 0 Å². The third-order valence-electron chi connectivity index (χ3n) is 3.31. The molecule has 0 unspecified atom stereocenters. The quantitative estimate of drug-likeness (QED) is 0.746. The van der Waals surface area contributed by atoms with Crippen molar-refractivity contribution in [3.05, 3.63) is 58.3 Å². The maximum atomic E-state index is 12.3. The Labute approximate surface area is 119 Å². The van der Waals surface area contributed by atoms with E-state index >= 15 is 0 Å². The summed E-state index contributed by atoms with van der Waals surface area (Å²) in [6, 6.07) is 6.80. The largest absolute Gasteiger partial charge is 0.366 e. The van der Waals surface area contributed by atoms with E-state index in [9.17, 15) is 9.59 Å². The predicted molar refractivity (Wildman–Crippen MR) is 76.8 cm³/mol. The van der Waals surface area contributed by atoms with Crippen molar-refractivity contribution in [2.75, 3.05) is 0 Å². The van der Waals surface area contributed by atoms with Crippen LogP contribution in [0.4, 0.5) is 0 Å². The maximum Gasteiger partial charge on any atom is 0.264 e. The number of nitrogens with two attached hydrogens (primary N) is 1. The Morgan fingerprint density at radius 3 is 2.67 bits per heavy atom. The van der Waals surface area contributed by atoms with Gasteiger partial charge in [0.1, 0.15) is 11.7 Å². The molecule has 1 aromatic carbocycles. The van der Waals surface area contributed by atoms with Gasteiger partial charge in [0, 0.05) is 12.6 Å². The molecule has 0 fully saturated rings. The number of primary amides is 1. The Balaban J connectivity index is 1.96. The molecule has 0 atom stereocenters. The molecule has 7 nitrogen and oxygen atoms in total. The summed E-state index contributed by atoms with van der Waals surface area (Å²) in [5.41, 5.74) is 6.92. The van der Waals surface area contributed by atoms with Crippen LogP contribution in [0.1, 0.15) is 15.9 Å². The van der Waals surface area contributed by atoms with E-state index in [0.29, 0.717) is 23.1 Å². The molecule has 0 saturated carbocycles. The fraction of sp³-hybridized carbons (Fsp3) is 0.143. The number of aryl methyl sites for hydroxylation is 1. The van der Waals surface area contributed by atoms with Gasteiger partial charge in [-0.05, 0) is 17.7 Å². The van der Waals surface area contributed by atoms with E-state index in [1.807, 2.05) is 0 Å². The molecule has 3 rings (SSSR count). The zero-order chi connectivity index (χ0) is 15.0. The minimum absolute atomic E-state index is 0.146. The van der Waals surface area contributed by atoms with Gasteiger partial charge in [-0.3, -0.25) is 18.8 Å². The van der Waals surface area contributed by atoms with Crippen LogP contribution in [0, 0.1) is 0 Å². The summed E-state index contributed by atoms with van der Waals surface area (Å²) in [6.07, 6.45) is 3.01. The van der Waals surface area contributed by atoms with Crippen LogP contribution in [0.25, 0.3) is 11.0 Å². The summed E-state index contributed by atoms with van der Waals surface area (Å²) in [5.74, 6) is -0.475. The summed E-state index contributed by atoms with van der Waals surface area (Å²) in [5, 5.41) is 4.51. The first kappa shape index (κ1) is 13.0. The fourth-order valence-electron chi connectivity index (χ4n) is 2.15. The molecule has 0 aliphatic carbocycles. The normalized spacial score (nSPS) is 10.9. The first-order valence-corrected chi connectivity index (χ1v) is 6.32. The molecule has 0 bridgehead atoms. The van der Waals surface area contributed by atoms with E-state index in [1.54, 1.807) is 36.0 Å². The number of fused-ring (bicyclic) bond motifs is 1. The van der Waals surface area contributed by atoms with Crippen molar-refractivity contribution in [1.82, 2.24) is 19.3 Å². The second kappa shape index (κ2) is 4.86. The topological polar surface area (TPSA) is 95.8 Å². The van der Waals surface area contributed by atoms with Gasteiger partial charge in [-0.25, -0.2) is 4.98 Å². The number of carbonyl (C=O) groups is 1. The maximum absolute atomic E-state index is 12.3. The number of aromatic nitrogens is 4. The van der Waals surface area contributed by atoms with Crippen molar-refractivity contribution in [3.8, 4) is 0 Å². The summed E-state index contributed by atoms with van der Waals surface area (Å²) in [6.45, 7) is 0.371. The van der Waals surface area contributed by atoms with Crippen LogP contribution in [0.3, 0.4) is 0 Å². The number of nitrogens with zero attached hydrogens (tertiary/aromatic N) is 4. The van der Waals surface area contributed by atoms with E-state index in [2.05, 4.69) is 10.1 Å². The second-order valence-corrected chi connectivity index (χ2v) is 4.74. The molecule has 0 aliphatic rings. The van der Waals surface area contributed by atoms with Gasteiger partial charge in [-0.1, -0.05) is 12.1 Å².